The van der Waals surface area contributed by atoms with Crippen LogP contribution in [0.25, 0.3) is 0 Å². The SMILES string of the molecule is CC1C(=O)NCCN1c1ccc(C=O)cc1F. The molecule has 1 atom stereocenters. The molecule has 0 radical (unpaired) electrons. The number of nitrogens with one attached hydrogen (secondary N) is 1. The third-order valence-corrected chi connectivity index (χ3v) is 2.92. The maximum Gasteiger partial charge on any atom is 0.242 e. The van der Waals surface area contributed by atoms with Crippen LogP contribution in [0.15, 0.2) is 18.2 Å². The van der Waals surface area contributed by atoms with Crippen molar-refractivity contribution in [1.82, 2.24) is 5.32 Å². The Morgan fingerprint density at radius 3 is 2.94 bits per heavy atom. The van der Waals surface area contributed by atoms with Crippen molar-refractivity contribution in [2.24, 2.45) is 0 Å². The summed E-state index contributed by atoms with van der Waals surface area (Å²) in [4.78, 5) is 23.7. The molecule has 1 aliphatic rings. The number of hydrogen-bond acceptors (Lipinski definition) is 3. The molecular weight excluding hydrogens is 223 g/mol. The highest BCUT2D eigenvalue weighted by Gasteiger charge is 2.27. The molecule has 1 saturated heterocycles. The molecule has 90 valence electrons. The Kier molecular flexibility index (Phi) is 3.08. The molecule has 2 rings (SSSR count). The smallest absolute Gasteiger partial charge is 0.242 e. The first-order valence-electron chi connectivity index (χ1n) is 5.42. The lowest BCUT2D eigenvalue weighted by Gasteiger charge is -2.34. The molecule has 1 aliphatic heterocycles. The van der Waals surface area contributed by atoms with Crippen molar-refractivity contribution in [1.29, 1.82) is 0 Å². The molecule has 0 aromatic heterocycles. The number of halogens is 1. The van der Waals surface area contributed by atoms with Crippen LogP contribution in [0.3, 0.4) is 0 Å². The molecule has 1 heterocycles. The van der Waals surface area contributed by atoms with Crippen molar-refractivity contribution in [3.63, 3.8) is 0 Å². The quantitative estimate of drug-likeness (QED) is 0.778. The first-order valence-corrected chi connectivity index (χ1v) is 5.42. The molecule has 5 heteroatoms. The van der Waals surface area contributed by atoms with E-state index in [4.69, 9.17) is 0 Å². The van der Waals surface area contributed by atoms with Crippen molar-refractivity contribution in [2.75, 3.05) is 18.0 Å². The minimum Gasteiger partial charge on any atom is -0.356 e. The summed E-state index contributed by atoms with van der Waals surface area (Å²) in [5.41, 5.74) is 0.651. The van der Waals surface area contributed by atoms with Gasteiger partial charge in [-0.05, 0) is 25.1 Å². The maximum absolute atomic E-state index is 13.8. The first kappa shape index (κ1) is 11.6. The normalized spacial score (nSPS) is 20.0. The van der Waals surface area contributed by atoms with E-state index in [0.29, 0.717) is 30.6 Å². The number of piperazine rings is 1. The van der Waals surface area contributed by atoms with E-state index in [2.05, 4.69) is 5.32 Å². The van der Waals surface area contributed by atoms with Crippen molar-refractivity contribution < 1.29 is 14.0 Å². The average molecular weight is 236 g/mol. The monoisotopic (exact) mass is 236 g/mol. The van der Waals surface area contributed by atoms with Gasteiger partial charge in [0, 0.05) is 18.7 Å². The predicted octanol–water partition coefficient (Wildman–Crippen LogP) is 0.963. The van der Waals surface area contributed by atoms with Gasteiger partial charge < -0.3 is 10.2 Å². The molecule has 1 aromatic rings. The topological polar surface area (TPSA) is 49.4 Å². The zero-order valence-electron chi connectivity index (χ0n) is 9.44. The maximum atomic E-state index is 13.8. The van der Waals surface area contributed by atoms with Gasteiger partial charge in [-0.3, -0.25) is 9.59 Å². The lowest BCUT2D eigenvalue weighted by Crippen LogP contribution is -2.54. The van der Waals surface area contributed by atoms with Crippen LogP contribution >= 0.6 is 0 Å². The van der Waals surface area contributed by atoms with E-state index in [0.717, 1.165) is 0 Å². The standard InChI is InChI=1S/C12H13FN2O2/c1-8-12(17)14-4-5-15(8)11-3-2-9(7-16)6-10(11)13/h2-3,6-8H,4-5H2,1H3,(H,14,17). The zero-order valence-corrected chi connectivity index (χ0v) is 9.44. The Morgan fingerprint density at radius 2 is 2.29 bits per heavy atom. The average Bonchev–Trinajstić information content (AvgIpc) is 2.33. The molecule has 1 unspecified atom stereocenters. The minimum atomic E-state index is -0.476. The van der Waals surface area contributed by atoms with Crippen LogP contribution < -0.4 is 10.2 Å². The van der Waals surface area contributed by atoms with Crippen LogP contribution in [0, 0.1) is 5.82 Å². The Balaban J connectivity index is 2.33. The van der Waals surface area contributed by atoms with Crippen LogP contribution in [0.2, 0.25) is 0 Å². The molecule has 4 nitrogen and oxygen atoms in total. The lowest BCUT2D eigenvalue weighted by molar-refractivity contribution is -0.122. The van der Waals surface area contributed by atoms with Gasteiger partial charge >= 0.3 is 0 Å². The Morgan fingerprint density at radius 1 is 1.53 bits per heavy atom. The van der Waals surface area contributed by atoms with Crippen LogP contribution in [0.5, 0.6) is 0 Å². The fraction of sp³-hybridized carbons (Fsp3) is 0.333. The molecule has 17 heavy (non-hydrogen) atoms. The van der Waals surface area contributed by atoms with Crippen molar-refractivity contribution in [3.8, 4) is 0 Å². The second kappa shape index (κ2) is 4.53. The summed E-state index contributed by atoms with van der Waals surface area (Å²) in [7, 11) is 0. The second-order valence-corrected chi connectivity index (χ2v) is 3.99. The molecule has 1 amide bonds. The van der Waals surface area contributed by atoms with Gasteiger partial charge in [-0.1, -0.05) is 0 Å². The molecule has 1 fully saturated rings. The summed E-state index contributed by atoms with van der Waals surface area (Å²) in [6.07, 6.45) is 0.596. The second-order valence-electron chi connectivity index (χ2n) is 3.99. The molecule has 1 aromatic carbocycles. The third-order valence-electron chi connectivity index (χ3n) is 2.92. The number of carbonyl (C=O) groups excluding carboxylic acids is 2. The third kappa shape index (κ3) is 2.13. The lowest BCUT2D eigenvalue weighted by atomic mass is 10.1. The molecule has 0 spiro atoms. The van der Waals surface area contributed by atoms with Gasteiger partial charge in [-0.2, -0.15) is 0 Å². The minimum absolute atomic E-state index is 0.116. The fourth-order valence-corrected chi connectivity index (χ4v) is 1.94. The van der Waals surface area contributed by atoms with Crippen LogP contribution in [0.4, 0.5) is 10.1 Å². The molecule has 0 saturated carbocycles. The predicted molar refractivity (Wildman–Crippen MR) is 61.6 cm³/mol. The van der Waals surface area contributed by atoms with Gasteiger partial charge in [0.15, 0.2) is 0 Å². The van der Waals surface area contributed by atoms with Gasteiger partial charge in [-0.15, -0.1) is 0 Å². The Bertz CT molecular complexity index is 462. The number of hydrogen-bond donors (Lipinski definition) is 1. The van der Waals surface area contributed by atoms with E-state index in [1.807, 2.05) is 0 Å². The number of benzene rings is 1. The van der Waals surface area contributed by atoms with E-state index in [1.54, 1.807) is 17.9 Å². The van der Waals surface area contributed by atoms with E-state index in [9.17, 15) is 14.0 Å². The largest absolute Gasteiger partial charge is 0.356 e. The number of aldehydes is 1. The fourth-order valence-electron chi connectivity index (χ4n) is 1.94. The summed E-state index contributed by atoms with van der Waals surface area (Å²) in [6, 6.07) is 3.86. The molecule has 0 aliphatic carbocycles. The molecule has 1 N–H and O–H groups in total. The van der Waals surface area contributed by atoms with Crippen LogP contribution in [0.1, 0.15) is 17.3 Å². The van der Waals surface area contributed by atoms with E-state index < -0.39 is 11.9 Å². The number of amides is 1. The summed E-state index contributed by atoms with van der Waals surface area (Å²) < 4.78 is 13.8. The van der Waals surface area contributed by atoms with Gasteiger partial charge in [0.25, 0.3) is 0 Å². The number of nitrogens with zero attached hydrogens (tertiary/aromatic N) is 1. The molecular formula is C12H13FN2O2. The molecule has 0 bridgehead atoms. The summed E-state index contributed by atoms with van der Waals surface area (Å²) in [5, 5.41) is 2.71. The van der Waals surface area contributed by atoms with Gasteiger partial charge in [-0.25, -0.2) is 4.39 Å². The number of anilines is 1. The van der Waals surface area contributed by atoms with E-state index in [1.165, 1.54) is 12.1 Å². The van der Waals surface area contributed by atoms with Crippen molar-refractivity contribution in [2.45, 2.75) is 13.0 Å². The number of carbonyl (C=O) groups is 2. The van der Waals surface area contributed by atoms with Gasteiger partial charge in [0.1, 0.15) is 18.1 Å². The van der Waals surface area contributed by atoms with Crippen LogP contribution in [-0.4, -0.2) is 31.3 Å². The highest BCUT2D eigenvalue weighted by Crippen LogP contribution is 2.23. The Hall–Kier alpha value is -1.91. The van der Waals surface area contributed by atoms with E-state index >= 15 is 0 Å². The first-order chi connectivity index (χ1) is 8.13. The Labute approximate surface area is 98.4 Å². The zero-order chi connectivity index (χ0) is 12.4. The summed E-state index contributed by atoms with van der Waals surface area (Å²) >= 11 is 0. The van der Waals surface area contributed by atoms with Crippen molar-refractivity contribution >= 4 is 17.9 Å². The highest BCUT2D eigenvalue weighted by atomic mass is 19.1. The van der Waals surface area contributed by atoms with E-state index in [-0.39, 0.29) is 5.91 Å². The van der Waals surface area contributed by atoms with Gasteiger partial charge in [0.05, 0.1) is 5.69 Å². The highest BCUT2D eigenvalue weighted by molar-refractivity contribution is 5.86. The van der Waals surface area contributed by atoms with Crippen molar-refractivity contribution in [3.05, 3.63) is 29.6 Å². The summed E-state index contributed by atoms with van der Waals surface area (Å²) in [5.74, 6) is -0.591. The summed E-state index contributed by atoms with van der Waals surface area (Å²) in [6.45, 7) is 2.78. The van der Waals surface area contributed by atoms with Crippen LogP contribution in [-0.2, 0) is 4.79 Å². The van der Waals surface area contributed by atoms with Gasteiger partial charge in [0.2, 0.25) is 5.91 Å². The number of rotatable bonds is 2.